The number of aromatic carboxylic acids is 1. The average molecular weight is 576 g/mol. The van der Waals surface area contributed by atoms with E-state index in [2.05, 4.69) is 12.1 Å². The predicted molar refractivity (Wildman–Crippen MR) is 157 cm³/mol. The number of fused-ring (bicyclic) bond motifs is 1. The molecule has 5 nitrogen and oxygen atoms in total. The highest BCUT2D eigenvalue weighted by Crippen LogP contribution is 2.36. The van der Waals surface area contributed by atoms with E-state index in [0.29, 0.717) is 35.5 Å². The first kappa shape index (κ1) is 29.2. The zero-order chi connectivity index (χ0) is 30.2. The highest BCUT2D eigenvalue weighted by atomic mass is 19.4. The van der Waals surface area contributed by atoms with E-state index in [1.807, 2.05) is 45.0 Å². The summed E-state index contributed by atoms with van der Waals surface area (Å²) in [4.78, 5) is 26.1. The van der Waals surface area contributed by atoms with E-state index in [0.717, 1.165) is 47.1 Å². The number of benzene rings is 4. The third kappa shape index (κ3) is 6.43. The molecule has 1 N–H and O–H groups in total. The first-order valence-electron chi connectivity index (χ1n) is 13.9. The Morgan fingerprint density at radius 3 is 1.98 bits per heavy atom. The summed E-state index contributed by atoms with van der Waals surface area (Å²) in [6.45, 7) is 6.80. The van der Waals surface area contributed by atoms with Gasteiger partial charge in [-0.25, -0.2) is 9.59 Å². The lowest BCUT2D eigenvalue weighted by atomic mass is 9.87. The van der Waals surface area contributed by atoms with Crippen LogP contribution in [0.25, 0.3) is 33.0 Å². The molecule has 0 aromatic heterocycles. The second-order valence-electron chi connectivity index (χ2n) is 11.7. The first-order chi connectivity index (χ1) is 19.8. The lowest BCUT2D eigenvalue weighted by Crippen LogP contribution is -2.41. The molecule has 0 spiro atoms. The van der Waals surface area contributed by atoms with Crippen molar-refractivity contribution in [3.8, 4) is 22.3 Å². The van der Waals surface area contributed by atoms with Gasteiger partial charge in [0.1, 0.15) is 5.60 Å². The lowest BCUT2D eigenvalue weighted by molar-refractivity contribution is -0.137. The van der Waals surface area contributed by atoms with Crippen LogP contribution in [0.3, 0.4) is 0 Å². The Labute approximate surface area is 242 Å². The average Bonchev–Trinajstić information content (AvgIpc) is 2.95. The molecule has 42 heavy (non-hydrogen) atoms. The summed E-state index contributed by atoms with van der Waals surface area (Å²) in [7, 11) is 0. The summed E-state index contributed by atoms with van der Waals surface area (Å²) >= 11 is 0. The van der Waals surface area contributed by atoms with E-state index >= 15 is 0 Å². The number of ether oxygens (including phenoxy) is 1. The number of alkyl halides is 3. The fourth-order valence-electron chi connectivity index (χ4n) is 5.42. The number of carbonyl (C=O) groups excluding carboxylic acids is 1. The zero-order valence-corrected chi connectivity index (χ0v) is 23.7. The summed E-state index contributed by atoms with van der Waals surface area (Å²) in [6.07, 6.45) is -3.06. The molecule has 0 unspecified atom stereocenters. The van der Waals surface area contributed by atoms with E-state index in [-0.39, 0.29) is 11.7 Å². The lowest BCUT2D eigenvalue weighted by Gasteiger charge is -2.33. The van der Waals surface area contributed by atoms with Gasteiger partial charge in [0.25, 0.3) is 0 Å². The number of hydrogen-bond acceptors (Lipinski definition) is 3. The monoisotopic (exact) mass is 575 g/mol. The Kier molecular flexibility index (Phi) is 7.75. The third-order valence-corrected chi connectivity index (χ3v) is 7.58. The van der Waals surface area contributed by atoms with Gasteiger partial charge in [-0.15, -0.1) is 0 Å². The molecule has 0 atom stereocenters. The quantitative estimate of drug-likeness (QED) is 0.264. The maximum Gasteiger partial charge on any atom is 0.416 e. The van der Waals surface area contributed by atoms with Crippen LogP contribution in [0.1, 0.15) is 61.0 Å². The number of carboxylic acids is 1. The van der Waals surface area contributed by atoms with Crippen molar-refractivity contribution < 1.29 is 32.6 Å². The number of piperidine rings is 1. The Morgan fingerprint density at radius 2 is 1.40 bits per heavy atom. The van der Waals surface area contributed by atoms with Crippen LogP contribution in [-0.4, -0.2) is 40.8 Å². The van der Waals surface area contributed by atoms with Gasteiger partial charge in [-0.05, 0) is 108 Å². The smallest absolute Gasteiger partial charge is 0.416 e. The van der Waals surface area contributed by atoms with Crippen LogP contribution in [-0.2, 0) is 10.9 Å². The molecule has 218 valence electrons. The van der Waals surface area contributed by atoms with Crippen molar-refractivity contribution >= 4 is 22.8 Å². The summed E-state index contributed by atoms with van der Waals surface area (Å²) in [6, 6.07) is 21.8. The van der Waals surface area contributed by atoms with Gasteiger partial charge in [-0.3, -0.25) is 0 Å². The molecule has 0 radical (unpaired) electrons. The van der Waals surface area contributed by atoms with Crippen molar-refractivity contribution in [1.29, 1.82) is 0 Å². The van der Waals surface area contributed by atoms with E-state index in [9.17, 15) is 27.9 Å². The Bertz CT molecular complexity index is 1610. The molecular weight excluding hydrogens is 543 g/mol. The van der Waals surface area contributed by atoms with Gasteiger partial charge in [0.15, 0.2) is 0 Å². The van der Waals surface area contributed by atoms with Crippen molar-refractivity contribution in [2.75, 3.05) is 13.1 Å². The van der Waals surface area contributed by atoms with E-state index in [1.165, 1.54) is 12.1 Å². The Morgan fingerprint density at radius 1 is 0.810 bits per heavy atom. The van der Waals surface area contributed by atoms with Gasteiger partial charge in [0, 0.05) is 13.1 Å². The number of carbonyl (C=O) groups is 2. The summed E-state index contributed by atoms with van der Waals surface area (Å²) in [5.74, 6) is -0.766. The number of likely N-dealkylation sites (tertiary alicyclic amines) is 1. The molecule has 1 heterocycles. The molecule has 4 aromatic carbocycles. The van der Waals surface area contributed by atoms with Crippen molar-refractivity contribution in [2.24, 2.45) is 0 Å². The van der Waals surface area contributed by atoms with Crippen LogP contribution in [0.5, 0.6) is 0 Å². The van der Waals surface area contributed by atoms with Crippen LogP contribution in [0.15, 0.2) is 78.9 Å². The molecule has 1 saturated heterocycles. The van der Waals surface area contributed by atoms with Crippen molar-refractivity contribution in [3.05, 3.63) is 95.6 Å². The van der Waals surface area contributed by atoms with Crippen LogP contribution in [0.2, 0.25) is 0 Å². The van der Waals surface area contributed by atoms with Gasteiger partial charge in [0.2, 0.25) is 0 Å². The minimum absolute atomic E-state index is 0.126. The topological polar surface area (TPSA) is 66.8 Å². The standard InChI is InChI=1S/C34H32F3NO4/c1-33(2,3)42-32(41)38-16-14-23(15-17-38)21-4-6-24(7-5-21)30-20-27(31(39)40)19-26-18-25(10-13-29(26)30)22-8-11-28(12-9-22)34(35,36)37/h4-13,18-20,23H,14-17H2,1-3H3,(H,39,40). The van der Waals surface area contributed by atoms with E-state index in [1.54, 1.807) is 23.1 Å². The predicted octanol–water partition coefficient (Wildman–Crippen LogP) is 9.01. The van der Waals surface area contributed by atoms with E-state index in [4.69, 9.17) is 4.74 Å². The summed E-state index contributed by atoms with van der Waals surface area (Å²) in [5, 5.41) is 11.3. The van der Waals surface area contributed by atoms with Gasteiger partial charge in [-0.1, -0.05) is 48.5 Å². The molecule has 1 fully saturated rings. The SMILES string of the molecule is CC(C)(C)OC(=O)N1CCC(c2ccc(-c3cc(C(=O)O)cc4cc(-c5ccc(C(F)(F)F)cc5)ccc34)cc2)CC1. The molecular formula is C34H32F3NO4. The highest BCUT2D eigenvalue weighted by molar-refractivity contribution is 6.04. The summed E-state index contributed by atoms with van der Waals surface area (Å²) < 4.78 is 44.5. The van der Waals surface area contributed by atoms with Gasteiger partial charge in [0.05, 0.1) is 11.1 Å². The first-order valence-corrected chi connectivity index (χ1v) is 13.9. The molecule has 0 saturated carbocycles. The fraction of sp³-hybridized carbons (Fsp3) is 0.294. The van der Waals surface area contributed by atoms with Gasteiger partial charge < -0.3 is 14.7 Å². The molecule has 1 aliphatic rings. The summed E-state index contributed by atoms with van der Waals surface area (Å²) in [5.41, 5.74) is 2.95. The molecule has 5 rings (SSSR count). The normalized spacial score (nSPS) is 14.7. The van der Waals surface area contributed by atoms with E-state index < -0.39 is 23.3 Å². The van der Waals surface area contributed by atoms with Crippen LogP contribution in [0.4, 0.5) is 18.0 Å². The zero-order valence-electron chi connectivity index (χ0n) is 23.7. The molecule has 8 heteroatoms. The Balaban J connectivity index is 1.39. The second-order valence-corrected chi connectivity index (χ2v) is 11.7. The van der Waals surface area contributed by atoms with Crippen LogP contribution >= 0.6 is 0 Å². The second kappa shape index (κ2) is 11.2. The van der Waals surface area contributed by atoms with Crippen molar-refractivity contribution in [2.45, 2.75) is 51.3 Å². The number of hydrogen-bond donors (Lipinski definition) is 1. The number of amides is 1. The molecule has 0 bridgehead atoms. The fourth-order valence-corrected chi connectivity index (χ4v) is 5.42. The van der Waals surface area contributed by atoms with Crippen LogP contribution < -0.4 is 0 Å². The van der Waals surface area contributed by atoms with Gasteiger partial charge >= 0.3 is 18.2 Å². The van der Waals surface area contributed by atoms with Crippen molar-refractivity contribution in [1.82, 2.24) is 4.90 Å². The maximum atomic E-state index is 13.0. The minimum Gasteiger partial charge on any atom is -0.478 e. The highest BCUT2D eigenvalue weighted by Gasteiger charge is 2.30. The molecule has 4 aromatic rings. The number of carboxylic acid groups (broad SMARTS) is 1. The molecule has 1 aliphatic heterocycles. The number of halogens is 3. The van der Waals surface area contributed by atoms with Gasteiger partial charge in [-0.2, -0.15) is 13.2 Å². The molecule has 0 aliphatic carbocycles. The maximum absolute atomic E-state index is 13.0. The molecule has 1 amide bonds. The minimum atomic E-state index is -4.42. The largest absolute Gasteiger partial charge is 0.478 e. The van der Waals surface area contributed by atoms with Crippen molar-refractivity contribution in [3.63, 3.8) is 0 Å². The number of nitrogens with zero attached hydrogens (tertiary/aromatic N) is 1. The van der Waals surface area contributed by atoms with Crippen LogP contribution in [0, 0.1) is 0 Å². The Hall–Kier alpha value is -4.33. The number of rotatable bonds is 4. The third-order valence-electron chi connectivity index (χ3n) is 7.58.